The summed E-state index contributed by atoms with van der Waals surface area (Å²) in [6.07, 6.45) is 2.73. The topological polar surface area (TPSA) is 29.5 Å². The average Bonchev–Trinajstić information content (AvgIpc) is 2.04. The lowest BCUT2D eigenvalue weighted by atomic mass is 9.84. The third-order valence-electron chi connectivity index (χ3n) is 3.06. The zero-order valence-corrected chi connectivity index (χ0v) is 8.38. The van der Waals surface area contributed by atoms with Crippen molar-refractivity contribution in [3.63, 3.8) is 0 Å². The van der Waals surface area contributed by atoms with Crippen molar-refractivity contribution in [2.75, 3.05) is 13.2 Å². The molecular formula is C10H17NO2. The molecule has 2 heterocycles. The summed E-state index contributed by atoms with van der Waals surface area (Å²) in [5, 5.41) is 0. The Morgan fingerprint density at radius 1 is 1.38 bits per heavy atom. The van der Waals surface area contributed by atoms with E-state index in [1.165, 1.54) is 0 Å². The zero-order valence-electron chi connectivity index (χ0n) is 8.38. The Balaban J connectivity index is 2.02. The van der Waals surface area contributed by atoms with Gasteiger partial charge >= 0.3 is 0 Å². The first-order chi connectivity index (χ1) is 6.11. The van der Waals surface area contributed by atoms with E-state index in [0.717, 1.165) is 26.1 Å². The van der Waals surface area contributed by atoms with Crippen LogP contribution in [0.5, 0.6) is 0 Å². The highest BCUT2D eigenvalue weighted by Gasteiger charge is 2.46. The molecule has 13 heavy (non-hydrogen) atoms. The number of hydrogen-bond donors (Lipinski definition) is 0. The summed E-state index contributed by atoms with van der Waals surface area (Å²) in [5.74, 6) is 0.317. The van der Waals surface area contributed by atoms with Crippen LogP contribution in [-0.4, -0.2) is 35.6 Å². The molecule has 1 amide bonds. The summed E-state index contributed by atoms with van der Waals surface area (Å²) in [7, 11) is 0. The molecule has 0 bridgehead atoms. The second-order valence-corrected chi connectivity index (χ2v) is 4.60. The smallest absolute Gasteiger partial charge is 0.225 e. The molecular weight excluding hydrogens is 166 g/mol. The maximum atomic E-state index is 11.4. The van der Waals surface area contributed by atoms with Crippen molar-refractivity contribution in [1.29, 1.82) is 0 Å². The maximum absolute atomic E-state index is 11.4. The molecule has 2 saturated heterocycles. The van der Waals surface area contributed by atoms with Gasteiger partial charge in [-0.05, 0) is 26.7 Å². The first kappa shape index (κ1) is 9.00. The van der Waals surface area contributed by atoms with Crippen LogP contribution >= 0.6 is 0 Å². The minimum atomic E-state index is 0.0963. The van der Waals surface area contributed by atoms with Gasteiger partial charge in [0.05, 0.1) is 0 Å². The minimum absolute atomic E-state index is 0.0963. The Morgan fingerprint density at radius 3 is 2.46 bits per heavy atom. The lowest BCUT2D eigenvalue weighted by Crippen LogP contribution is -2.64. The molecule has 0 aliphatic carbocycles. The van der Waals surface area contributed by atoms with Crippen LogP contribution in [0.1, 0.15) is 33.1 Å². The van der Waals surface area contributed by atoms with Crippen molar-refractivity contribution in [2.45, 2.75) is 44.7 Å². The van der Waals surface area contributed by atoms with Gasteiger partial charge in [0.25, 0.3) is 0 Å². The van der Waals surface area contributed by atoms with E-state index in [2.05, 4.69) is 18.7 Å². The summed E-state index contributed by atoms with van der Waals surface area (Å²) in [6.45, 7) is 5.91. The van der Waals surface area contributed by atoms with Gasteiger partial charge < -0.3 is 9.64 Å². The summed E-state index contributed by atoms with van der Waals surface area (Å²) in [4.78, 5) is 13.5. The first-order valence-corrected chi connectivity index (χ1v) is 5.01. The molecule has 0 atom stereocenters. The molecule has 0 radical (unpaired) electrons. The monoisotopic (exact) mass is 183 g/mol. The van der Waals surface area contributed by atoms with Crippen molar-refractivity contribution < 1.29 is 9.53 Å². The van der Waals surface area contributed by atoms with Crippen LogP contribution in [0.2, 0.25) is 0 Å². The predicted molar refractivity (Wildman–Crippen MR) is 49.4 cm³/mol. The van der Waals surface area contributed by atoms with E-state index >= 15 is 0 Å². The molecule has 2 fully saturated rings. The molecule has 3 nitrogen and oxygen atoms in total. The normalized spacial score (nSPS) is 28.8. The second kappa shape index (κ2) is 2.98. The Kier molecular flexibility index (Phi) is 2.06. The first-order valence-electron chi connectivity index (χ1n) is 5.01. The van der Waals surface area contributed by atoms with E-state index in [0.29, 0.717) is 18.4 Å². The molecule has 3 heteroatoms. The number of ether oxygens (including phenoxy) is 1. The number of carbonyl (C=O) groups excluding carboxylic acids is 1. The lowest BCUT2D eigenvalue weighted by molar-refractivity contribution is -0.162. The van der Waals surface area contributed by atoms with Gasteiger partial charge in [-0.15, -0.1) is 0 Å². The summed E-state index contributed by atoms with van der Waals surface area (Å²) in [5.41, 5.74) is 0.0963. The number of rotatable bonds is 1. The van der Waals surface area contributed by atoms with Crippen molar-refractivity contribution in [1.82, 2.24) is 4.90 Å². The van der Waals surface area contributed by atoms with Gasteiger partial charge in [-0.1, -0.05) is 0 Å². The summed E-state index contributed by atoms with van der Waals surface area (Å²) < 4.78 is 5.28. The van der Waals surface area contributed by atoms with Crippen molar-refractivity contribution in [2.24, 2.45) is 0 Å². The van der Waals surface area contributed by atoms with Gasteiger partial charge in [0.1, 0.15) is 0 Å². The highest BCUT2D eigenvalue weighted by Crippen LogP contribution is 2.35. The van der Waals surface area contributed by atoms with Gasteiger partial charge in [0, 0.05) is 31.2 Å². The summed E-state index contributed by atoms with van der Waals surface area (Å²) in [6, 6.07) is 0.435. The third-order valence-corrected chi connectivity index (χ3v) is 3.06. The van der Waals surface area contributed by atoms with E-state index in [4.69, 9.17) is 4.74 Å². The molecule has 0 N–H and O–H groups in total. The number of likely N-dealkylation sites (tertiary alicyclic amines) is 1. The van der Waals surface area contributed by atoms with Crippen LogP contribution in [0.3, 0.4) is 0 Å². The Labute approximate surface area is 79.0 Å². The van der Waals surface area contributed by atoms with E-state index < -0.39 is 0 Å². The second-order valence-electron chi connectivity index (χ2n) is 4.60. The molecule has 2 aliphatic heterocycles. The molecule has 74 valence electrons. The van der Waals surface area contributed by atoms with E-state index in [1.54, 1.807) is 0 Å². The number of β-lactam (4-membered cyclic amide) rings is 1. The Morgan fingerprint density at radius 2 is 2.00 bits per heavy atom. The van der Waals surface area contributed by atoms with Crippen molar-refractivity contribution >= 4 is 5.91 Å². The highest BCUT2D eigenvalue weighted by atomic mass is 16.5. The summed E-state index contributed by atoms with van der Waals surface area (Å²) >= 11 is 0. The van der Waals surface area contributed by atoms with Gasteiger partial charge in [0.15, 0.2) is 0 Å². The SMILES string of the molecule is CC1(C)CC(=O)N1C1CCOCC1. The largest absolute Gasteiger partial charge is 0.381 e. The van der Waals surface area contributed by atoms with E-state index in [9.17, 15) is 4.79 Å². The lowest BCUT2D eigenvalue weighted by Gasteiger charge is -2.52. The molecule has 0 saturated carbocycles. The zero-order chi connectivity index (χ0) is 9.47. The fraction of sp³-hybridized carbons (Fsp3) is 0.900. The fourth-order valence-corrected chi connectivity index (χ4v) is 2.43. The standard InChI is InChI=1S/C10H17NO2/c1-10(2)7-9(12)11(10)8-3-5-13-6-4-8/h8H,3-7H2,1-2H3. The third kappa shape index (κ3) is 1.46. The van der Waals surface area contributed by atoms with Crippen LogP contribution in [0.25, 0.3) is 0 Å². The number of hydrogen-bond acceptors (Lipinski definition) is 2. The molecule has 2 aliphatic rings. The fourth-order valence-electron chi connectivity index (χ4n) is 2.43. The highest BCUT2D eigenvalue weighted by molar-refractivity contribution is 5.84. The predicted octanol–water partition coefficient (Wildman–Crippen LogP) is 1.18. The average molecular weight is 183 g/mol. The van der Waals surface area contributed by atoms with Gasteiger partial charge in [-0.2, -0.15) is 0 Å². The van der Waals surface area contributed by atoms with Gasteiger partial charge in [0.2, 0.25) is 5.91 Å². The molecule has 0 unspecified atom stereocenters. The minimum Gasteiger partial charge on any atom is -0.381 e. The van der Waals surface area contributed by atoms with Crippen LogP contribution in [-0.2, 0) is 9.53 Å². The quantitative estimate of drug-likeness (QED) is 0.571. The van der Waals surface area contributed by atoms with E-state index in [1.807, 2.05) is 0 Å². The number of nitrogens with zero attached hydrogens (tertiary/aromatic N) is 1. The van der Waals surface area contributed by atoms with Crippen molar-refractivity contribution in [3.05, 3.63) is 0 Å². The molecule has 0 spiro atoms. The Bertz CT molecular complexity index is 219. The molecule has 0 aromatic carbocycles. The number of carbonyl (C=O) groups is 1. The number of amides is 1. The maximum Gasteiger partial charge on any atom is 0.225 e. The molecule has 0 aromatic heterocycles. The molecule has 0 aromatic rings. The van der Waals surface area contributed by atoms with Crippen LogP contribution in [0, 0.1) is 0 Å². The van der Waals surface area contributed by atoms with Crippen LogP contribution < -0.4 is 0 Å². The van der Waals surface area contributed by atoms with Crippen molar-refractivity contribution in [3.8, 4) is 0 Å². The van der Waals surface area contributed by atoms with Crippen LogP contribution in [0.15, 0.2) is 0 Å². The molecule has 2 rings (SSSR count). The Hall–Kier alpha value is -0.570. The van der Waals surface area contributed by atoms with Crippen LogP contribution in [0.4, 0.5) is 0 Å². The van der Waals surface area contributed by atoms with Gasteiger partial charge in [-0.3, -0.25) is 4.79 Å². The van der Waals surface area contributed by atoms with E-state index in [-0.39, 0.29) is 5.54 Å². The van der Waals surface area contributed by atoms with Gasteiger partial charge in [-0.25, -0.2) is 0 Å².